The van der Waals surface area contributed by atoms with Gasteiger partial charge in [0.25, 0.3) is 5.56 Å². The third-order valence-corrected chi connectivity index (χ3v) is 2.13. The van der Waals surface area contributed by atoms with Crippen molar-refractivity contribution in [3.63, 3.8) is 0 Å². The molecule has 0 atom stereocenters. The largest absolute Gasteiger partial charge is 0.382 e. The van der Waals surface area contributed by atoms with Crippen molar-refractivity contribution < 1.29 is 9.47 Å². The number of hydrogen-bond acceptors (Lipinski definition) is 5. The second kappa shape index (κ2) is 8.72. The zero-order chi connectivity index (χ0) is 12.3. The van der Waals surface area contributed by atoms with Crippen molar-refractivity contribution in [2.24, 2.45) is 0 Å². The molecule has 1 aromatic heterocycles. The first-order valence-corrected chi connectivity index (χ1v) is 5.68. The van der Waals surface area contributed by atoms with Crippen molar-refractivity contribution in [3.05, 3.63) is 22.7 Å². The van der Waals surface area contributed by atoms with E-state index in [1.165, 1.54) is 12.4 Å². The highest BCUT2D eigenvalue weighted by atomic mass is 16.5. The summed E-state index contributed by atoms with van der Waals surface area (Å²) in [5.41, 5.74) is -0.148. The van der Waals surface area contributed by atoms with Crippen molar-refractivity contribution in [2.75, 3.05) is 38.8 Å². The Labute approximate surface area is 100 Å². The van der Waals surface area contributed by atoms with E-state index in [4.69, 9.17) is 9.47 Å². The molecule has 0 amide bonds. The second-order valence-corrected chi connectivity index (χ2v) is 3.54. The van der Waals surface area contributed by atoms with E-state index in [-0.39, 0.29) is 5.56 Å². The first-order chi connectivity index (χ1) is 8.33. The quantitative estimate of drug-likeness (QED) is 0.620. The average Bonchev–Trinajstić information content (AvgIpc) is 2.33. The summed E-state index contributed by atoms with van der Waals surface area (Å²) in [6, 6.07) is 1.44. The molecule has 0 bridgehead atoms. The van der Waals surface area contributed by atoms with Crippen molar-refractivity contribution in [1.29, 1.82) is 0 Å². The van der Waals surface area contributed by atoms with E-state index in [9.17, 15) is 4.79 Å². The minimum absolute atomic E-state index is 0.148. The summed E-state index contributed by atoms with van der Waals surface area (Å²) < 4.78 is 10.2. The lowest BCUT2D eigenvalue weighted by atomic mass is 10.3. The van der Waals surface area contributed by atoms with E-state index in [1.807, 2.05) is 0 Å². The highest BCUT2D eigenvalue weighted by Crippen LogP contribution is 1.97. The predicted molar refractivity (Wildman–Crippen MR) is 65.3 cm³/mol. The van der Waals surface area contributed by atoms with Crippen LogP contribution in [-0.2, 0) is 9.47 Å². The van der Waals surface area contributed by atoms with Crippen LogP contribution in [0.2, 0.25) is 0 Å². The number of hydrogen-bond donors (Lipinski definition) is 2. The molecule has 0 saturated heterocycles. The Morgan fingerprint density at radius 3 is 3.00 bits per heavy atom. The lowest BCUT2D eigenvalue weighted by molar-refractivity contribution is 0.0691. The van der Waals surface area contributed by atoms with E-state index < -0.39 is 0 Å². The molecule has 1 aromatic rings. The molecule has 6 nitrogen and oxygen atoms in total. The normalized spacial score (nSPS) is 10.4. The van der Waals surface area contributed by atoms with Crippen LogP contribution in [0.1, 0.15) is 12.8 Å². The van der Waals surface area contributed by atoms with Crippen molar-refractivity contribution >= 4 is 5.82 Å². The van der Waals surface area contributed by atoms with E-state index in [1.54, 1.807) is 7.11 Å². The van der Waals surface area contributed by atoms with Gasteiger partial charge >= 0.3 is 0 Å². The van der Waals surface area contributed by atoms with Crippen LogP contribution in [0.25, 0.3) is 0 Å². The summed E-state index contributed by atoms with van der Waals surface area (Å²) in [5.74, 6) is 0.606. The van der Waals surface area contributed by atoms with E-state index in [2.05, 4.69) is 15.3 Å². The van der Waals surface area contributed by atoms with Crippen LogP contribution in [0.4, 0.5) is 5.82 Å². The molecule has 0 spiro atoms. The molecule has 0 aliphatic carbocycles. The number of H-pyrrole nitrogens is 1. The maximum absolute atomic E-state index is 11.0. The minimum Gasteiger partial charge on any atom is -0.382 e. The Balaban J connectivity index is 1.99. The van der Waals surface area contributed by atoms with Gasteiger partial charge in [0.05, 0.1) is 19.5 Å². The molecule has 0 fully saturated rings. The molecular weight excluding hydrogens is 222 g/mol. The van der Waals surface area contributed by atoms with Gasteiger partial charge in [0.1, 0.15) is 5.82 Å². The molecule has 1 rings (SSSR count). The fourth-order valence-corrected chi connectivity index (χ4v) is 1.26. The van der Waals surface area contributed by atoms with Crippen LogP contribution < -0.4 is 10.9 Å². The number of aromatic nitrogens is 2. The molecule has 2 N–H and O–H groups in total. The standard InChI is InChI=1S/C11H19N3O3/c1-16-6-7-17-5-3-2-4-12-10-8-11(15)14-9-13-10/h8-9H,2-7H2,1H3,(H2,12,13,14,15). The molecule has 0 unspecified atom stereocenters. The smallest absolute Gasteiger partial charge is 0.252 e. The van der Waals surface area contributed by atoms with Gasteiger partial charge in [-0.2, -0.15) is 0 Å². The van der Waals surface area contributed by atoms with Gasteiger partial charge < -0.3 is 19.8 Å². The summed E-state index contributed by atoms with van der Waals surface area (Å²) in [6.45, 7) is 2.78. The lowest BCUT2D eigenvalue weighted by Crippen LogP contribution is -2.10. The number of nitrogens with one attached hydrogen (secondary N) is 2. The van der Waals surface area contributed by atoms with E-state index in [0.29, 0.717) is 19.0 Å². The van der Waals surface area contributed by atoms with Crippen molar-refractivity contribution in [1.82, 2.24) is 9.97 Å². The summed E-state index contributed by atoms with van der Waals surface area (Å²) in [6.07, 6.45) is 3.33. The van der Waals surface area contributed by atoms with Gasteiger partial charge in [-0.15, -0.1) is 0 Å². The molecule has 6 heteroatoms. The van der Waals surface area contributed by atoms with Crippen LogP contribution >= 0.6 is 0 Å². The van der Waals surface area contributed by atoms with Crippen LogP contribution in [0.5, 0.6) is 0 Å². The number of methoxy groups -OCH3 is 1. The van der Waals surface area contributed by atoms with Gasteiger partial charge in [-0.1, -0.05) is 0 Å². The number of rotatable bonds is 9. The number of unbranched alkanes of at least 4 members (excludes halogenated alkanes) is 1. The van der Waals surface area contributed by atoms with Gasteiger partial charge in [0.2, 0.25) is 0 Å². The summed E-state index contributed by atoms with van der Waals surface area (Å²) in [7, 11) is 1.65. The van der Waals surface area contributed by atoms with Gasteiger partial charge in [-0.3, -0.25) is 4.79 Å². The molecule has 0 aromatic carbocycles. The van der Waals surface area contributed by atoms with Gasteiger partial charge in [0.15, 0.2) is 0 Å². The summed E-state index contributed by atoms with van der Waals surface area (Å²) in [5, 5.41) is 3.08. The Bertz CT molecular complexity index is 354. The third-order valence-electron chi connectivity index (χ3n) is 2.13. The zero-order valence-corrected chi connectivity index (χ0v) is 10.1. The number of aromatic amines is 1. The molecular formula is C11H19N3O3. The molecule has 0 aliphatic rings. The monoisotopic (exact) mass is 241 g/mol. The minimum atomic E-state index is -0.148. The Hall–Kier alpha value is -1.40. The topological polar surface area (TPSA) is 76.2 Å². The number of ether oxygens (including phenoxy) is 2. The molecule has 1 heterocycles. The van der Waals surface area contributed by atoms with Crippen LogP contribution in [0.15, 0.2) is 17.2 Å². The SMILES string of the molecule is COCCOCCCCNc1cc(=O)[nH]cn1. The van der Waals surface area contributed by atoms with Crippen LogP contribution in [0.3, 0.4) is 0 Å². The van der Waals surface area contributed by atoms with Gasteiger partial charge in [0, 0.05) is 26.3 Å². The molecule has 0 saturated carbocycles. The van der Waals surface area contributed by atoms with E-state index in [0.717, 1.165) is 26.0 Å². The number of anilines is 1. The van der Waals surface area contributed by atoms with Crippen LogP contribution in [0, 0.1) is 0 Å². The van der Waals surface area contributed by atoms with Crippen molar-refractivity contribution in [2.45, 2.75) is 12.8 Å². The molecule has 0 radical (unpaired) electrons. The zero-order valence-electron chi connectivity index (χ0n) is 10.1. The number of nitrogens with zero attached hydrogens (tertiary/aromatic N) is 1. The third kappa shape index (κ3) is 6.70. The first kappa shape index (κ1) is 13.7. The summed E-state index contributed by atoms with van der Waals surface area (Å²) in [4.78, 5) is 17.4. The molecule has 0 aliphatic heterocycles. The van der Waals surface area contributed by atoms with Crippen LogP contribution in [-0.4, -0.2) is 43.4 Å². The van der Waals surface area contributed by atoms with Gasteiger partial charge in [-0.25, -0.2) is 4.98 Å². The van der Waals surface area contributed by atoms with Gasteiger partial charge in [-0.05, 0) is 12.8 Å². The Morgan fingerprint density at radius 1 is 1.35 bits per heavy atom. The maximum atomic E-state index is 11.0. The Kier molecular flexibility index (Phi) is 7.01. The molecule has 96 valence electrons. The lowest BCUT2D eigenvalue weighted by Gasteiger charge is -2.05. The highest BCUT2D eigenvalue weighted by molar-refractivity contribution is 5.31. The average molecular weight is 241 g/mol. The summed E-state index contributed by atoms with van der Waals surface area (Å²) >= 11 is 0. The fraction of sp³-hybridized carbons (Fsp3) is 0.636. The highest BCUT2D eigenvalue weighted by Gasteiger charge is 1.94. The Morgan fingerprint density at radius 2 is 2.24 bits per heavy atom. The maximum Gasteiger partial charge on any atom is 0.252 e. The predicted octanol–water partition coefficient (Wildman–Crippen LogP) is 0.625. The second-order valence-electron chi connectivity index (χ2n) is 3.54. The first-order valence-electron chi connectivity index (χ1n) is 5.68. The van der Waals surface area contributed by atoms with E-state index >= 15 is 0 Å². The van der Waals surface area contributed by atoms with Crippen molar-refractivity contribution in [3.8, 4) is 0 Å². The fourth-order valence-electron chi connectivity index (χ4n) is 1.26. The molecule has 17 heavy (non-hydrogen) atoms.